The molecule has 0 saturated carbocycles. The number of likely N-dealkylation sites (tertiary alicyclic amines) is 1. The van der Waals surface area contributed by atoms with Crippen molar-refractivity contribution in [3.63, 3.8) is 0 Å². The lowest BCUT2D eigenvalue weighted by atomic mass is 9.89. The zero-order valence-corrected chi connectivity index (χ0v) is 24.5. The number of rotatable bonds is 6. The highest BCUT2D eigenvalue weighted by Gasteiger charge is 2.54. The van der Waals surface area contributed by atoms with E-state index in [2.05, 4.69) is 15.3 Å². The zero-order chi connectivity index (χ0) is 29.2. The molecule has 0 radical (unpaired) electrons. The summed E-state index contributed by atoms with van der Waals surface area (Å²) in [5, 5.41) is 14.7. The normalized spacial score (nSPS) is 17.6. The van der Waals surface area contributed by atoms with Gasteiger partial charge in [0, 0.05) is 52.2 Å². The van der Waals surface area contributed by atoms with E-state index in [1.54, 1.807) is 57.0 Å². The standard InChI is InChI=1S/C17H22F2N4O2S.C6H4Cl2.C3H6O2/c1-4-25-15(24)11-7-21-13(14-20-5-6-26-14)22-12(11)8-23-9-16(2,3)17(18,19)10-23;7-5-2-1-3-6(8)4-5;1-2-3(4)5/h5-6H,4,7-10H2,1-3H3,(H,21,22);1-4H;2H2,1H3,(H,4,5). The Bertz CT molecular complexity index is 1160. The summed E-state index contributed by atoms with van der Waals surface area (Å²) in [5.41, 5.74) is -0.184. The number of aromatic nitrogens is 1. The average Bonchev–Trinajstić information content (AvgIpc) is 3.45. The molecule has 0 unspecified atom stereocenters. The Morgan fingerprint density at radius 3 is 2.28 bits per heavy atom. The van der Waals surface area contributed by atoms with Crippen LogP contribution in [-0.4, -0.2) is 71.5 Å². The van der Waals surface area contributed by atoms with Gasteiger partial charge in [-0.25, -0.2) is 18.6 Å². The highest BCUT2D eigenvalue weighted by atomic mass is 35.5. The van der Waals surface area contributed by atoms with Crippen LogP contribution in [0.4, 0.5) is 8.78 Å². The first-order valence-electron chi connectivity index (χ1n) is 12.1. The molecule has 8 nitrogen and oxygen atoms in total. The van der Waals surface area contributed by atoms with Gasteiger partial charge in [0.1, 0.15) is 0 Å². The van der Waals surface area contributed by atoms with Crippen molar-refractivity contribution in [1.29, 1.82) is 0 Å². The van der Waals surface area contributed by atoms with E-state index in [1.165, 1.54) is 11.3 Å². The van der Waals surface area contributed by atoms with E-state index >= 15 is 0 Å². The van der Waals surface area contributed by atoms with Gasteiger partial charge in [-0.1, -0.05) is 50.0 Å². The van der Waals surface area contributed by atoms with Crippen LogP contribution in [0.1, 0.15) is 39.1 Å². The Hall–Kier alpha value is -2.60. The van der Waals surface area contributed by atoms with Crippen LogP contribution >= 0.6 is 34.5 Å². The Morgan fingerprint density at radius 1 is 1.21 bits per heavy atom. The van der Waals surface area contributed by atoms with E-state index in [4.69, 9.17) is 33.0 Å². The molecule has 0 atom stereocenters. The number of halogens is 4. The summed E-state index contributed by atoms with van der Waals surface area (Å²) in [7, 11) is 0. The van der Waals surface area contributed by atoms with Crippen molar-refractivity contribution in [2.45, 2.75) is 40.0 Å². The minimum Gasteiger partial charge on any atom is -0.481 e. The SMILES string of the molecule is CCC(=O)O.CCOC(=O)C1=C(CN2CC(C)(C)C(F)(F)C2)NC(c2nccs2)=NC1.Clc1cccc(Cl)c1. The number of aliphatic imine (C=N–C) groups is 1. The predicted octanol–water partition coefficient (Wildman–Crippen LogP) is 5.76. The third-order valence-electron chi connectivity index (χ3n) is 5.69. The van der Waals surface area contributed by atoms with Crippen molar-refractivity contribution in [2.24, 2.45) is 10.4 Å². The molecule has 4 rings (SSSR count). The van der Waals surface area contributed by atoms with Gasteiger partial charge in [0.15, 0.2) is 10.8 Å². The summed E-state index contributed by atoms with van der Waals surface area (Å²) in [5.74, 6) is -3.45. The molecule has 3 heterocycles. The third-order valence-corrected chi connectivity index (χ3v) is 6.94. The second-order valence-corrected chi connectivity index (χ2v) is 11.0. The van der Waals surface area contributed by atoms with E-state index in [0.717, 1.165) is 0 Å². The maximum Gasteiger partial charge on any atom is 0.337 e. The van der Waals surface area contributed by atoms with Crippen LogP contribution in [0, 0.1) is 5.41 Å². The minimum absolute atomic E-state index is 0.143. The number of esters is 1. The summed E-state index contributed by atoms with van der Waals surface area (Å²) in [6, 6.07) is 7.08. The largest absolute Gasteiger partial charge is 0.481 e. The van der Waals surface area contributed by atoms with Crippen LogP contribution in [0.3, 0.4) is 0 Å². The number of nitrogens with one attached hydrogen (secondary N) is 1. The number of carbonyl (C=O) groups is 2. The van der Waals surface area contributed by atoms with E-state index in [-0.39, 0.29) is 39.2 Å². The number of hydrogen-bond acceptors (Lipinski definition) is 8. The van der Waals surface area contributed by atoms with Crippen molar-refractivity contribution in [1.82, 2.24) is 15.2 Å². The van der Waals surface area contributed by atoms with Crippen LogP contribution in [-0.2, 0) is 14.3 Å². The van der Waals surface area contributed by atoms with Gasteiger partial charge in [0.2, 0.25) is 0 Å². The smallest absolute Gasteiger partial charge is 0.337 e. The number of carboxylic acids is 1. The van der Waals surface area contributed by atoms with Gasteiger partial charge in [0.05, 0.1) is 25.3 Å². The fourth-order valence-electron chi connectivity index (χ4n) is 3.53. The first-order valence-corrected chi connectivity index (χ1v) is 13.8. The summed E-state index contributed by atoms with van der Waals surface area (Å²) in [4.78, 5) is 31.9. The number of ether oxygens (including phenoxy) is 1. The van der Waals surface area contributed by atoms with Gasteiger partial charge in [-0.15, -0.1) is 11.3 Å². The van der Waals surface area contributed by atoms with Gasteiger partial charge in [-0.2, -0.15) is 0 Å². The molecule has 2 aliphatic rings. The molecule has 214 valence electrons. The van der Waals surface area contributed by atoms with Gasteiger partial charge in [-0.05, 0) is 25.1 Å². The summed E-state index contributed by atoms with van der Waals surface area (Å²) < 4.78 is 33.5. The molecular weight excluding hydrogens is 573 g/mol. The summed E-state index contributed by atoms with van der Waals surface area (Å²) >= 11 is 12.5. The molecule has 1 aromatic heterocycles. The van der Waals surface area contributed by atoms with Gasteiger partial charge < -0.3 is 15.2 Å². The van der Waals surface area contributed by atoms with E-state index in [0.29, 0.717) is 32.2 Å². The van der Waals surface area contributed by atoms with E-state index in [9.17, 15) is 18.4 Å². The molecule has 1 fully saturated rings. The van der Waals surface area contributed by atoms with Crippen LogP contribution in [0.5, 0.6) is 0 Å². The molecule has 39 heavy (non-hydrogen) atoms. The molecule has 0 bridgehead atoms. The summed E-state index contributed by atoms with van der Waals surface area (Å²) in [6.45, 7) is 6.93. The topological polar surface area (TPSA) is 104 Å². The first-order chi connectivity index (χ1) is 18.3. The highest BCUT2D eigenvalue weighted by molar-refractivity contribution is 7.11. The van der Waals surface area contributed by atoms with E-state index < -0.39 is 23.3 Å². The maximum absolute atomic E-state index is 14.2. The number of carboxylic acid groups (broad SMARTS) is 1. The Kier molecular flexibility index (Phi) is 12.3. The van der Waals surface area contributed by atoms with E-state index in [1.807, 2.05) is 11.4 Å². The van der Waals surface area contributed by atoms with Gasteiger partial charge >= 0.3 is 11.9 Å². The Balaban J connectivity index is 0.000000337. The molecule has 0 aliphatic carbocycles. The fourth-order valence-corrected chi connectivity index (χ4v) is 4.57. The molecule has 2 aliphatic heterocycles. The van der Waals surface area contributed by atoms with Crippen LogP contribution in [0.25, 0.3) is 0 Å². The van der Waals surface area contributed by atoms with Gasteiger partial charge in [0.25, 0.3) is 5.92 Å². The number of benzene rings is 1. The van der Waals surface area contributed by atoms with Crippen molar-refractivity contribution in [3.05, 3.63) is 62.2 Å². The Morgan fingerprint density at radius 2 is 1.85 bits per heavy atom. The van der Waals surface area contributed by atoms with Gasteiger partial charge in [-0.3, -0.25) is 14.7 Å². The molecule has 13 heteroatoms. The lowest BCUT2D eigenvalue weighted by Gasteiger charge is -2.25. The number of thiazole rings is 1. The number of nitrogens with zero attached hydrogens (tertiary/aromatic N) is 3. The monoisotopic (exact) mass is 604 g/mol. The number of hydrogen-bond donors (Lipinski definition) is 2. The quantitative estimate of drug-likeness (QED) is 0.404. The average molecular weight is 606 g/mol. The second-order valence-electron chi connectivity index (χ2n) is 9.23. The number of aliphatic carboxylic acids is 1. The molecule has 2 N–H and O–H groups in total. The summed E-state index contributed by atoms with van der Waals surface area (Å²) in [6.07, 6.45) is 1.89. The Labute approximate surface area is 240 Å². The van der Waals surface area contributed by atoms with Crippen LogP contribution < -0.4 is 5.32 Å². The molecule has 2 aromatic rings. The molecule has 0 spiro atoms. The zero-order valence-electron chi connectivity index (χ0n) is 22.1. The lowest BCUT2D eigenvalue weighted by Crippen LogP contribution is -2.38. The van der Waals surface area contributed by atoms with Crippen LogP contribution in [0.15, 0.2) is 52.1 Å². The minimum atomic E-state index is -2.78. The third kappa shape index (κ3) is 9.82. The molecular formula is C26H32Cl2F2N4O4S. The molecule has 1 saturated heterocycles. The van der Waals surface area contributed by atoms with Crippen LogP contribution in [0.2, 0.25) is 10.0 Å². The fraction of sp³-hybridized carbons (Fsp3) is 0.462. The lowest BCUT2D eigenvalue weighted by molar-refractivity contribution is -0.139. The first kappa shape index (κ1) is 32.6. The number of amidine groups is 1. The molecule has 1 aromatic carbocycles. The maximum atomic E-state index is 14.2. The predicted molar refractivity (Wildman–Crippen MR) is 150 cm³/mol. The van der Waals surface area contributed by atoms with Crippen molar-refractivity contribution >= 4 is 52.3 Å². The molecule has 0 amide bonds. The number of carbonyl (C=O) groups excluding carboxylic acids is 1. The van der Waals surface area contributed by atoms with Crippen molar-refractivity contribution in [2.75, 3.05) is 32.8 Å². The second kappa shape index (κ2) is 14.7. The highest BCUT2D eigenvalue weighted by Crippen LogP contribution is 2.43. The van der Waals surface area contributed by atoms with Crippen molar-refractivity contribution in [3.8, 4) is 0 Å². The van der Waals surface area contributed by atoms with Crippen molar-refractivity contribution < 1.29 is 28.2 Å². The number of alkyl halides is 2.